The fourth-order valence-corrected chi connectivity index (χ4v) is 1.82. The van der Waals surface area contributed by atoms with Crippen LogP contribution in [0.3, 0.4) is 0 Å². The van der Waals surface area contributed by atoms with E-state index in [0.29, 0.717) is 16.3 Å². The van der Waals surface area contributed by atoms with Crippen LogP contribution in [0.1, 0.15) is 0 Å². The van der Waals surface area contributed by atoms with Crippen LogP contribution in [0.4, 0.5) is 8.78 Å². The fourth-order valence-electron chi connectivity index (χ4n) is 1.53. The summed E-state index contributed by atoms with van der Waals surface area (Å²) >= 11 is 17.1. The second kappa shape index (κ2) is 7.58. The molecule has 2 rings (SSSR count). The van der Waals surface area contributed by atoms with Gasteiger partial charge in [-0.3, -0.25) is 0 Å². The van der Waals surface area contributed by atoms with Crippen molar-refractivity contribution in [2.24, 2.45) is 0 Å². The minimum atomic E-state index is -2.97. The molecular formula is C13H7Cl3F2N2O2. The normalized spacial score (nSPS) is 11.6. The predicted octanol–water partition coefficient (Wildman–Crippen LogP) is 5.05. The van der Waals surface area contributed by atoms with E-state index < -0.39 is 6.61 Å². The Hall–Kier alpha value is -1.63. The number of rotatable bonds is 5. The van der Waals surface area contributed by atoms with Gasteiger partial charge in [-0.1, -0.05) is 23.2 Å². The van der Waals surface area contributed by atoms with Crippen LogP contribution in [0.25, 0.3) is 11.3 Å². The summed E-state index contributed by atoms with van der Waals surface area (Å²) < 4.78 is 33.6. The molecule has 0 spiro atoms. The van der Waals surface area contributed by atoms with Crippen LogP contribution in [-0.4, -0.2) is 16.6 Å². The van der Waals surface area contributed by atoms with E-state index in [1.165, 1.54) is 12.3 Å². The first-order chi connectivity index (χ1) is 10.5. The molecule has 2 aromatic rings. The average molecular weight is 368 g/mol. The Kier molecular flexibility index (Phi) is 5.76. The van der Waals surface area contributed by atoms with Crippen LogP contribution in [0.5, 0.6) is 11.6 Å². The molecule has 4 nitrogen and oxygen atoms in total. The molecule has 1 heterocycles. The number of hydrogen-bond acceptors (Lipinski definition) is 4. The highest BCUT2D eigenvalue weighted by Gasteiger charge is 2.12. The molecule has 0 N–H and O–H groups in total. The molecule has 0 amide bonds. The molecule has 0 saturated heterocycles. The molecule has 0 bridgehead atoms. The second-order valence-electron chi connectivity index (χ2n) is 3.77. The zero-order valence-corrected chi connectivity index (χ0v) is 12.9. The predicted molar refractivity (Wildman–Crippen MR) is 79.5 cm³/mol. The van der Waals surface area contributed by atoms with E-state index >= 15 is 0 Å². The van der Waals surface area contributed by atoms with E-state index in [2.05, 4.69) is 14.7 Å². The number of hydrogen-bond donors (Lipinski definition) is 0. The lowest BCUT2D eigenvalue weighted by molar-refractivity contribution is -0.0530. The summed E-state index contributed by atoms with van der Waals surface area (Å²) in [6.45, 7) is -2.97. The topological polar surface area (TPSA) is 44.2 Å². The minimum Gasteiger partial charge on any atom is -0.444 e. The van der Waals surface area contributed by atoms with Crippen molar-refractivity contribution in [2.75, 3.05) is 0 Å². The monoisotopic (exact) mass is 366 g/mol. The van der Waals surface area contributed by atoms with E-state index in [9.17, 15) is 8.78 Å². The first kappa shape index (κ1) is 16.7. The van der Waals surface area contributed by atoms with Crippen LogP contribution < -0.4 is 9.47 Å². The highest BCUT2D eigenvalue weighted by molar-refractivity contribution is 6.35. The summed E-state index contributed by atoms with van der Waals surface area (Å²) in [6.07, 6.45) is 2.32. The largest absolute Gasteiger partial charge is 0.444 e. The van der Waals surface area contributed by atoms with Crippen molar-refractivity contribution >= 4 is 34.8 Å². The molecule has 0 saturated carbocycles. The summed E-state index contributed by atoms with van der Waals surface area (Å²) in [5, 5.41) is 0.333. The van der Waals surface area contributed by atoms with E-state index in [1.807, 2.05) is 0 Å². The van der Waals surface area contributed by atoms with Crippen LogP contribution in [0.15, 0.2) is 41.3 Å². The van der Waals surface area contributed by atoms with E-state index in [0.717, 1.165) is 11.7 Å². The number of ether oxygens (including phenoxy) is 2. The average Bonchev–Trinajstić information content (AvgIpc) is 2.48. The number of benzene rings is 1. The van der Waals surface area contributed by atoms with Gasteiger partial charge >= 0.3 is 6.61 Å². The van der Waals surface area contributed by atoms with Gasteiger partial charge in [-0.15, -0.1) is 0 Å². The summed E-state index contributed by atoms with van der Waals surface area (Å²) in [5.74, 6) is -0.0138. The second-order valence-corrected chi connectivity index (χ2v) is 4.80. The summed E-state index contributed by atoms with van der Waals surface area (Å²) in [7, 11) is 0. The van der Waals surface area contributed by atoms with Crippen LogP contribution in [-0.2, 0) is 0 Å². The van der Waals surface area contributed by atoms with Crippen LogP contribution >= 0.6 is 34.8 Å². The third-order valence-corrected chi connectivity index (χ3v) is 3.08. The van der Waals surface area contributed by atoms with Crippen molar-refractivity contribution in [1.29, 1.82) is 0 Å². The maximum atomic E-state index is 12.1. The van der Waals surface area contributed by atoms with Gasteiger partial charge in [-0.2, -0.15) is 8.78 Å². The van der Waals surface area contributed by atoms with Crippen molar-refractivity contribution < 1.29 is 18.3 Å². The molecule has 9 heteroatoms. The zero-order chi connectivity index (χ0) is 16.1. The lowest BCUT2D eigenvalue weighted by Crippen LogP contribution is -2.04. The maximum absolute atomic E-state index is 12.1. The Morgan fingerprint density at radius 3 is 2.59 bits per heavy atom. The van der Waals surface area contributed by atoms with Crippen molar-refractivity contribution in [1.82, 2.24) is 9.97 Å². The molecule has 1 aromatic heterocycles. The van der Waals surface area contributed by atoms with E-state index in [4.69, 9.17) is 39.5 Å². The van der Waals surface area contributed by atoms with Crippen LogP contribution in [0.2, 0.25) is 5.02 Å². The molecule has 0 aliphatic heterocycles. The first-order valence-corrected chi connectivity index (χ1v) is 6.89. The number of halogens is 5. The van der Waals surface area contributed by atoms with Crippen molar-refractivity contribution in [3.8, 4) is 22.9 Å². The highest BCUT2D eigenvalue weighted by Crippen LogP contribution is 2.33. The van der Waals surface area contributed by atoms with Gasteiger partial charge in [-0.25, -0.2) is 9.97 Å². The van der Waals surface area contributed by atoms with Gasteiger partial charge in [0.2, 0.25) is 11.1 Å². The number of alkyl halides is 2. The van der Waals surface area contributed by atoms with Crippen molar-refractivity contribution in [3.05, 3.63) is 46.4 Å². The Balaban J connectivity index is 2.35. The minimum absolute atomic E-state index is 0.0733. The van der Waals surface area contributed by atoms with Gasteiger partial charge in [-0.05, 0) is 23.7 Å². The van der Waals surface area contributed by atoms with E-state index in [-0.39, 0.29) is 16.8 Å². The lowest BCUT2D eigenvalue weighted by Gasteiger charge is -2.10. The third-order valence-electron chi connectivity index (χ3n) is 2.35. The standard InChI is InChI=1S/C13H7Cl3F2N2O2/c14-4-11(16)21-10-3-7(15)1-2-8(10)9-5-20-12(6-19-9)22-13(17)18/h1-6,13H/b11-4-. The van der Waals surface area contributed by atoms with Gasteiger partial charge in [0.1, 0.15) is 5.75 Å². The van der Waals surface area contributed by atoms with E-state index in [1.54, 1.807) is 12.1 Å². The molecule has 1 aromatic carbocycles. The molecule has 0 fully saturated rings. The molecule has 0 aliphatic carbocycles. The SMILES string of the molecule is FC(F)Oc1cnc(-c2ccc(Cl)cc2O/C(Cl)=C\Cl)cn1. The Bertz CT molecular complexity index is 681. The van der Waals surface area contributed by atoms with Gasteiger partial charge < -0.3 is 9.47 Å². The van der Waals surface area contributed by atoms with Crippen molar-refractivity contribution in [3.63, 3.8) is 0 Å². The van der Waals surface area contributed by atoms with Crippen molar-refractivity contribution in [2.45, 2.75) is 6.61 Å². The lowest BCUT2D eigenvalue weighted by atomic mass is 10.1. The van der Waals surface area contributed by atoms with Gasteiger partial charge in [0.05, 0.1) is 23.6 Å². The molecule has 22 heavy (non-hydrogen) atoms. The summed E-state index contributed by atoms with van der Waals surface area (Å²) in [6, 6.07) is 4.73. The van der Waals surface area contributed by atoms with Gasteiger partial charge in [0, 0.05) is 16.7 Å². The number of aromatic nitrogens is 2. The third kappa shape index (κ3) is 4.43. The Morgan fingerprint density at radius 2 is 2.00 bits per heavy atom. The first-order valence-electron chi connectivity index (χ1n) is 5.70. The van der Waals surface area contributed by atoms with Crippen LogP contribution in [0, 0.1) is 0 Å². The fraction of sp³-hybridized carbons (Fsp3) is 0.0769. The quantitative estimate of drug-likeness (QED) is 0.693. The Morgan fingerprint density at radius 1 is 1.23 bits per heavy atom. The molecule has 0 unspecified atom stereocenters. The smallest absolute Gasteiger partial charge is 0.388 e. The maximum Gasteiger partial charge on any atom is 0.388 e. The number of nitrogens with zero attached hydrogens (tertiary/aromatic N) is 2. The molecule has 0 atom stereocenters. The van der Waals surface area contributed by atoms with Gasteiger partial charge in [0.25, 0.3) is 0 Å². The molecule has 0 aliphatic rings. The molecule has 116 valence electrons. The van der Waals surface area contributed by atoms with Gasteiger partial charge in [0.15, 0.2) is 0 Å². The Labute approximate surface area is 139 Å². The molecule has 0 radical (unpaired) electrons. The summed E-state index contributed by atoms with van der Waals surface area (Å²) in [4.78, 5) is 7.72. The summed E-state index contributed by atoms with van der Waals surface area (Å²) in [5.41, 5.74) is 1.89. The zero-order valence-electron chi connectivity index (χ0n) is 10.6. The highest BCUT2D eigenvalue weighted by atomic mass is 35.5. The molecular weight excluding hydrogens is 361 g/mol.